The van der Waals surface area contributed by atoms with Crippen LogP contribution in [0, 0.1) is 0 Å². The van der Waals surface area contributed by atoms with Gasteiger partial charge in [-0.1, -0.05) is 11.6 Å². The number of aromatic hydroxyl groups is 1. The molecule has 2 aromatic carbocycles. The van der Waals surface area contributed by atoms with Crippen molar-refractivity contribution in [1.29, 1.82) is 0 Å². The number of ether oxygens (including phenoxy) is 2. The van der Waals surface area contributed by atoms with E-state index in [0.29, 0.717) is 22.9 Å². The molecule has 1 aliphatic rings. The number of aliphatic imine (C=N–C) groups is 1. The van der Waals surface area contributed by atoms with E-state index < -0.39 is 0 Å². The van der Waals surface area contributed by atoms with Crippen LogP contribution < -0.4 is 9.64 Å². The van der Waals surface area contributed by atoms with Crippen LogP contribution >= 0.6 is 11.6 Å². The van der Waals surface area contributed by atoms with E-state index >= 15 is 0 Å². The molecule has 0 saturated carbocycles. The van der Waals surface area contributed by atoms with Gasteiger partial charge in [0.05, 0.1) is 25.5 Å². The fourth-order valence-corrected chi connectivity index (χ4v) is 2.89. The van der Waals surface area contributed by atoms with E-state index in [-0.39, 0.29) is 5.75 Å². The molecule has 3 rings (SSSR count). The summed E-state index contributed by atoms with van der Waals surface area (Å²) < 4.78 is 10.8. The lowest BCUT2D eigenvalue weighted by molar-refractivity contribution is 0.122. The Hall–Kier alpha value is -2.24. The van der Waals surface area contributed by atoms with Crippen molar-refractivity contribution < 1.29 is 14.6 Å². The summed E-state index contributed by atoms with van der Waals surface area (Å²) in [5.41, 5.74) is 2.48. The first kappa shape index (κ1) is 17.6. The minimum atomic E-state index is 0.0416. The van der Waals surface area contributed by atoms with Crippen molar-refractivity contribution in [2.45, 2.75) is 6.92 Å². The first-order chi connectivity index (χ1) is 12.2. The number of phenols is 1. The molecule has 132 valence electrons. The van der Waals surface area contributed by atoms with Gasteiger partial charge in [0.25, 0.3) is 0 Å². The van der Waals surface area contributed by atoms with Crippen LogP contribution in [0.5, 0.6) is 11.5 Å². The van der Waals surface area contributed by atoms with Crippen molar-refractivity contribution in [2.75, 3.05) is 37.8 Å². The van der Waals surface area contributed by atoms with Gasteiger partial charge in [0.15, 0.2) is 11.5 Å². The molecule has 1 fully saturated rings. The second-order valence-corrected chi connectivity index (χ2v) is 6.09. The Morgan fingerprint density at radius 1 is 1.24 bits per heavy atom. The monoisotopic (exact) mass is 360 g/mol. The number of morpholine rings is 1. The summed E-state index contributed by atoms with van der Waals surface area (Å²) in [5.74, 6) is 0.402. The standard InChI is InChI=1S/C19H21ClN2O3/c1-2-25-18-12-15(20)11-14(19(18)23)13-21-16-3-5-17(6-4-16)22-7-9-24-10-8-22/h3-6,11-13,23H,2,7-10H2,1H3. The van der Waals surface area contributed by atoms with Gasteiger partial charge in [-0.2, -0.15) is 0 Å². The number of anilines is 1. The minimum Gasteiger partial charge on any atom is -0.504 e. The summed E-state index contributed by atoms with van der Waals surface area (Å²) in [6.07, 6.45) is 1.59. The Morgan fingerprint density at radius 2 is 1.96 bits per heavy atom. The minimum absolute atomic E-state index is 0.0416. The van der Waals surface area contributed by atoms with E-state index in [1.807, 2.05) is 31.2 Å². The topological polar surface area (TPSA) is 54.3 Å². The zero-order valence-corrected chi connectivity index (χ0v) is 14.9. The van der Waals surface area contributed by atoms with Gasteiger partial charge in [-0.15, -0.1) is 0 Å². The van der Waals surface area contributed by atoms with Crippen molar-refractivity contribution in [3.63, 3.8) is 0 Å². The van der Waals surface area contributed by atoms with Crippen molar-refractivity contribution in [3.05, 3.63) is 47.0 Å². The highest BCUT2D eigenvalue weighted by molar-refractivity contribution is 6.31. The van der Waals surface area contributed by atoms with Crippen molar-refractivity contribution in [2.24, 2.45) is 4.99 Å². The second-order valence-electron chi connectivity index (χ2n) is 5.65. The van der Waals surface area contributed by atoms with Crippen LogP contribution in [0.2, 0.25) is 5.02 Å². The predicted octanol–water partition coefficient (Wildman–Crippen LogP) is 4.03. The summed E-state index contributed by atoms with van der Waals surface area (Å²) in [5, 5.41) is 10.7. The fourth-order valence-electron chi connectivity index (χ4n) is 2.67. The third-order valence-electron chi connectivity index (χ3n) is 3.95. The molecule has 0 amide bonds. The van der Waals surface area contributed by atoms with Crippen molar-refractivity contribution in [3.8, 4) is 11.5 Å². The normalized spacial score (nSPS) is 14.9. The van der Waals surface area contributed by atoms with Crippen LogP contribution in [0.25, 0.3) is 0 Å². The maximum absolute atomic E-state index is 10.2. The van der Waals surface area contributed by atoms with Crippen molar-refractivity contribution in [1.82, 2.24) is 0 Å². The number of hydrogen-bond acceptors (Lipinski definition) is 5. The number of halogens is 1. The Bertz CT molecular complexity index is 741. The van der Waals surface area contributed by atoms with Crippen LogP contribution in [0.4, 0.5) is 11.4 Å². The quantitative estimate of drug-likeness (QED) is 0.818. The molecule has 0 spiro atoms. The largest absolute Gasteiger partial charge is 0.504 e. The Balaban J connectivity index is 1.75. The lowest BCUT2D eigenvalue weighted by Gasteiger charge is -2.28. The number of hydrogen-bond donors (Lipinski definition) is 1. The molecule has 0 bridgehead atoms. The van der Waals surface area contributed by atoms with Crippen LogP contribution in [0.15, 0.2) is 41.4 Å². The lowest BCUT2D eigenvalue weighted by atomic mass is 10.2. The third-order valence-corrected chi connectivity index (χ3v) is 4.17. The number of phenolic OH excluding ortho intramolecular Hbond substituents is 1. The molecule has 1 heterocycles. The third kappa shape index (κ3) is 4.44. The maximum Gasteiger partial charge on any atom is 0.166 e. The maximum atomic E-state index is 10.2. The summed E-state index contributed by atoms with van der Waals surface area (Å²) in [4.78, 5) is 6.71. The molecule has 0 aromatic heterocycles. The number of nitrogens with zero attached hydrogens (tertiary/aromatic N) is 2. The molecule has 0 atom stereocenters. The Morgan fingerprint density at radius 3 is 2.64 bits per heavy atom. The molecule has 1 N–H and O–H groups in total. The van der Waals surface area contributed by atoms with Gasteiger partial charge < -0.3 is 19.5 Å². The molecule has 1 saturated heterocycles. The van der Waals surface area contributed by atoms with Crippen LogP contribution in [-0.2, 0) is 4.74 Å². The average molecular weight is 361 g/mol. The molecule has 0 radical (unpaired) electrons. The zero-order valence-electron chi connectivity index (χ0n) is 14.1. The Kier molecular flexibility index (Phi) is 5.79. The van der Waals surface area contributed by atoms with E-state index in [4.69, 9.17) is 21.1 Å². The van der Waals surface area contributed by atoms with Gasteiger partial charge in [-0.25, -0.2) is 0 Å². The molecular formula is C19H21ClN2O3. The van der Waals surface area contributed by atoms with Crippen LogP contribution in [-0.4, -0.2) is 44.2 Å². The van der Waals surface area contributed by atoms with E-state index in [1.54, 1.807) is 18.3 Å². The highest BCUT2D eigenvalue weighted by Crippen LogP contribution is 2.33. The highest BCUT2D eigenvalue weighted by Gasteiger charge is 2.11. The summed E-state index contributed by atoms with van der Waals surface area (Å²) in [6.45, 7) is 5.63. The SMILES string of the molecule is CCOc1cc(Cl)cc(C=Nc2ccc(N3CCOCC3)cc2)c1O. The van der Waals surface area contributed by atoms with Crippen LogP contribution in [0.1, 0.15) is 12.5 Å². The van der Waals surface area contributed by atoms with Gasteiger partial charge in [0.2, 0.25) is 0 Å². The summed E-state index contributed by atoms with van der Waals surface area (Å²) >= 11 is 6.08. The van der Waals surface area contributed by atoms with E-state index in [2.05, 4.69) is 9.89 Å². The Labute approximate surface area is 152 Å². The molecule has 0 aliphatic carbocycles. The molecular weight excluding hydrogens is 340 g/mol. The highest BCUT2D eigenvalue weighted by atomic mass is 35.5. The average Bonchev–Trinajstić information content (AvgIpc) is 2.64. The van der Waals surface area contributed by atoms with Gasteiger partial charge in [0.1, 0.15) is 0 Å². The molecule has 5 nitrogen and oxygen atoms in total. The lowest BCUT2D eigenvalue weighted by Crippen LogP contribution is -2.36. The van der Waals surface area contributed by atoms with E-state index in [9.17, 15) is 5.11 Å². The van der Waals surface area contributed by atoms with Gasteiger partial charge in [-0.05, 0) is 37.3 Å². The molecule has 2 aromatic rings. The van der Waals surface area contributed by atoms with E-state index in [0.717, 1.165) is 37.7 Å². The smallest absolute Gasteiger partial charge is 0.166 e. The number of rotatable bonds is 5. The fraction of sp³-hybridized carbons (Fsp3) is 0.316. The molecule has 6 heteroatoms. The molecule has 1 aliphatic heterocycles. The first-order valence-corrected chi connectivity index (χ1v) is 8.67. The van der Waals surface area contributed by atoms with Gasteiger partial charge in [-0.3, -0.25) is 4.99 Å². The van der Waals surface area contributed by atoms with E-state index in [1.165, 1.54) is 0 Å². The van der Waals surface area contributed by atoms with Crippen LogP contribution in [0.3, 0.4) is 0 Å². The summed E-state index contributed by atoms with van der Waals surface area (Å²) in [6, 6.07) is 11.2. The molecule has 0 unspecified atom stereocenters. The van der Waals surface area contributed by atoms with Gasteiger partial charge >= 0.3 is 0 Å². The summed E-state index contributed by atoms with van der Waals surface area (Å²) in [7, 11) is 0. The first-order valence-electron chi connectivity index (χ1n) is 8.29. The van der Waals surface area contributed by atoms with Gasteiger partial charge in [0, 0.05) is 41.6 Å². The number of benzene rings is 2. The molecule has 25 heavy (non-hydrogen) atoms. The zero-order chi connectivity index (χ0) is 17.6. The predicted molar refractivity (Wildman–Crippen MR) is 101 cm³/mol. The van der Waals surface area contributed by atoms with Crippen molar-refractivity contribution >= 4 is 29.2 Å². The second kappa shape index (κ2) is 8.23.